The highest BCUT2D eigenvalue weighted by molar-refractivity contribution is 5.80. The Morgan fingerprint density at radius 2 is 2.10 bits per heavy atom. The Morgan fingerprint density at radius 1 is 1.30 bits per heavy atom. The second-order valence-corrected chi connectivity index (χ2v) is 8.24. The van der Waals surface area contributed by atoms with Crippen molar-refractivity contribution in [2.75, 3.05) is 57.8 Å². The minimum Gasteiger partial charge on any atom is -0.497 e. The topological polar surface area (TPSA) is 52.1 Å². The SMILES string of the molecule is CCNC(=NCC1CCN(c2cccc(OC)c2)C1)NC(C)CCCN(CC)CC. The molecule has 6 heteroatoms. The smallest absolute Gasteiger partial charge is 0.191 e. The van der Waals surface area contributed by atoms with E-state index in [0.717, 1.165) is 57.4 Å². The van der Waals surface area contributed by atoms with Crippen LogP contribution in [-0.4, -0.2) is 69.8 Å². The number of nitrogens with one attached hydrogen (secondary N) is 2. The number of aliphatic imine (C=N–C) groups is 1. The van der Waals surface area contributed by atoms with E-state index in [2.05, 4.69) is 66.3 Å². The van der Waals surface area contributed by atoms with Crippen molar-refractivity contribution in [3.8, 4) is 5.75 Å². The molecule has 1 fully saturated rings. The van der Waals surface area contributed by atoms with Crippen LogP contribution < -0.4 is 20.3 Å². The molecule has 0 aromatic heterocycles. The fraction of sp³-hybridized carbons (Fsp3) is 0.708. The zero-order valence-electron chi connectivity index (χ0n) is 19.8. The van der Waals surface area contributed by atoms with E-state index < -0.39 is 0 Å². The lowest BCUT2D eigenvalue weighted by atomic mass is 10.1. The Hall–Kier alpha value is -1.95. The molecule has 2 rings (SSSR count). The van der Waals surface area contributed by atoms with Crippen LogP contribution in [0, 0.1) is 5.92 Å². The summed E-state index contributed by atoms with van der Waals surface area (Å²) in [5, 5.41) is 7.02. The predicted molar refractivity (Wildman–Crippen MR) is 129 cm³/mol. The first-order valence-corrected chi connectivity index (χ1v) is 11.8. The van der Waals surface area contributed by atoms with Crippen molar-refractivity contribution >= 4 is 11.6 Å². The predicted octanol–water partition coefficient (Wildman–Crippen LogP) is 3.59. The third-order valence-electron chi connectivity index (χ3n) is 5.95. The highest BCUT2D eigenvalue weighted by Gasteiger charge is 2.23. The highest BCUT2D eigenvalue weighted by Crippen LogP contribution is 2.26. The highest BCUT2D eigenvalue weighted by atomic mass is 16.5. The largest absolute Gasteiger partial charge is 0.497 e. The number of benzene rings is 1. The molecule has 6 nitrogen and oxygen atoms in total. The summed E-state index contributed by atoms with van der Waals surface area (Å²) in [6.45, 7) is 16.2. The fourth-order valence-electron chi connectivity index (χ4n) is 4.03. The van der Waals surface area contributed by atoms with Gasteiger partial charge in [-0.3, -0.25) is 4.99 Å². The molecule has 1 aliphatic heterocycles. The van der Waals surface area contributed by atoms with Crippen LogP contribution in [0.2, 0.25) is 0 Å². The number of guanidine groups is 1. The van der Waals surface area contributed by atoms with Gasteiger partial charge in [-0.2, -0.15) is 0 Å². The van der Waals surface area contributed by atoms with E-state index in [1.165, 1.54) is 25.1 Å². The van der Waals surface area contributed by atoms with Gasteiger partial charge in [0.1, 0.15) is 5.75 Å². The molecule has 2 N–H and O–H groups in total. The van der Waals surface area contributed by atoms with Gasteiger partial charge in [0.15, 0.2) is 5.96 Å². The minimum absolute atomic E-state index is 0.426. The van der Waals surface area contributed by atoms with E-state index in [1.54, 1.807) is 7.11 Å². The standard InChI is InChI=1S/C24H43N5O/c1-6-25-24(27-20(4)11-10-15-28(7-2)8-3)26-18-21-14-16-29(19-21)22-12-9-13-23(17-22)30-5/h9,12-13,17,20-21H,6-8,10-11,14-16,18-19H2,1-5H3,(H2,25,26,27). The summed E-state index contributed by atoms with van der Waals surface area (Å²) >= 11 is 0. The average Bonchev–Trinajstić information content (AvgIpc) is 3.24. The van der Waals surface area contributed by atoms with Crippen LogP contribution in [0.3, 0.4) is 0 Å². The van der Waals surface area contributed by atoms with Gasteiger partial charge in [0.25, 0.3) is 0 Å². The van der Waals surface area contributed by atoms with Gasteiger partial charge < -0.3 is 25.2 Å². The summed E-state index contributed by atoms with van der Waals surface area (Å²) in [5.41, 5.74) is 1.24. The van der Waals surface area contributed by atoms with Gasteiger partial charge >= 0.3 is 0 Å². The van der Waals surface area contributed by atoms with E-state index in [0.29, 0.717) is 12.0 Å². The summed E-state index contributed by atoms with van der Waals surface area (Å²) in [7, 11) is 1.72. The van der Waals surface area contributed by atoms with Gasteiger partial charge in [0.05, 0.1) is 7.11 Å². The molecule has 1 heterocycles. The maximum absolute atomic E-state index is 5.37. The second kappa shape index (κ2) is 13.4. The third kappa shape index (κ3) is 8.05. The fourth-order valence-corrected chi connectivity index (χ4v) is 4.03. The second-order valence-electron chi connectivity index (χ2n) is 8.24. The molecule has 0 amide bonds. The molecule has 0 radical (unpaired) electrons. The summed E-state index contributed by atoms with van der Waals surface area (Å²) < 4.78 is 5.37. The first-order chi connectivity index (χ1) is 14.6. The van der Waals surface area contributed by atoms with Gasteiger partial charge in [-0.1, -0.05) is 19.9 Å². The monoisotopic (exact) mass is 417 g/mol. The Kier molecular flexibility index (Phi) is 10.8. The molecule has 1 aromatic carbocycles. The van der Waals surface area contributed by atoms with Gasteiger partial charge in [0.2, 0.25) is 0 Å². The molecule has 2 atom stereocenters. The van der Waals surface area contributed by atoms with Gasteiger partial charge in [0, 0.05) is 44.0 Å². The molecule has 1 aromatic rings. The van der Waals surface area contributed by atoms with E-state index in [4.69, 9.17) is 9.73 Å². The third-order valence-corrected chi connectivity index (χ3v) is 5.95. The quantitative estimate of drug-likeness (QED) is 0.402. The van der Waals surface area contributed by atoms with Gasteiger partial charge in [-0.25, -0.2) is 0 Å². The van der Waals surface area contributed by atoms with Gasteiger partial charge in [-0.15, -0.1) is 0 Å². The molecule has 2 unspecified atom stereocenters. The number of anilines is 1. The van der Waals surface area contributed by atoms with Crippen LogP contribution in [0.1, 0.15) is 47.0 Å². The lowest BCUT2D eigenvalue weighted by molar-refractivity contribution is 0.292. The van der Waals surface area contributed by atoms with Crippen molar-refractivity contribution in [3.05, 3.63) is 24.3 Å². The van der Waals surface area contributed by atoms with Gasteiger partial charge in [-0.05, 0) is 70.8 Å². The molecule has 30 heavy (non-hydrogen) atoms. The summed E-state index contributed by atoms with van der Waals surface area (Å²) in [5.74, 6) is 2.46. The Morgan fingerprint density at radius 3 is 2.80 bits per heavy atom. The summed E-state index contributed by atoms with van der Waals surface area (Å²) in [6, 6.07) is 8.78. The zero-order valence-corrected chi connectivity index (χ0v) is 19.8. The molecule has 1 aliphatic rings. The van der Waals surface area contributed by atoms with Crippen molar-refractivity contribution in [3.63, 3.8) is 0 Å². The molecule has 0 spiro atoms. The van der Waals surface area contributed by atoms with Crippen LogP contribution in [0.25, 0.3) is 0 Å². The normalized spacial score (nSPS) is 18.0. The molecule has 1 saturated heterocycles. The zero-order chi connectivity index (χ0) is 21.8. The molecule has 170 valence electrons. The Labute approximate surface area is 184 Å². The summed E-state index contributed by atoms with van der Waals surface area (Å²) in [6.07, 6.45) is 3.56. The maximum atomic E-state index is 5.37. The number of ether oxygens (including phenoxy) is 1. The minimum atomic E-state index is 0.426. The first-order valence-electron chi connectivity index (χ1n) is 11.8. The van der Waals surface area contributed by atoms with Crippen LogP contribution in [-0.2, 0) is 0 Å². The number of nitrogens with zero attached hydrogens (tertiary/aromatic N) is 3. The number of methoxy groups -OCH3 is 1. The van der Waals surface area contributed by atoms with E-state index in [9.17, 15) is 0 Å². The van der Waals surface area contributed by atoms with Crippen LogP contribution in [0.15, 0.2) is 29.3 Å². The number of rotatable bonds is 12. The lowest BCUT2D eigenvalue weighted by Gasteiger charge is -2.21. The average molecular weight is 418 g/mol. The molecule has 0 bridgehead atoms. The van der Waals surface area contributed by atoms with Crippen molar-refractivity contribution in [1.29, 1.82) is 0 Å². The number of hydrogen-bond acceptors (Lipinski definition) is 4. The van der Waals surface area contributed by atoms with Crippen LogP contribution in [0.4, 0.5) is 5.69 Å². The Balaban J connectivity index is 1.81. The van der Waals surface area contributed by atoms with E-state index in [1.807, 2.05) is 6.07 Å². The lowest BCUT2D eigenvalue weighted by Crippen LogP contribution is -2.42. The van der Waals surface area contributed by atoms with Crippen LogP contribution in [0.5, 0.6) is 5.75 Å². The maximum Gasteiger partial charge on any atom is 0.191 e. The van der Waals surface area contributed by atoms with Crippen molar-refractivity contribution in [2.24, 2.45) is 10.9 Å². The summed E-state index contributed by atoms with van der Waals surface area (Å²) in [4.78, 5) is 9.84. The van der Waals surface area contributed by atoms with E-state index >= 15 is 0 Å². The molecular weight excluding hydrogens is 374 g/mol. The first kappa shape index (κ1) is 24.3. The number of hydrogen-bond donors (Lipinski definition) is 2. The molecule has 0 saturated carbocycles. The van der Waals surface area contributed by atoms with Crippen LogP contribution >= 0.6 is 0 Å². The van der Waals surface area contributed by atoms with E-state index in [-0.39, 0.29) is 0 Å². The molecule has 0 aliphatic carbocycles. The Bertz CT molecular complexity index is 632. The van der Waals surface area contributed by atoms with Crippen molar-refractivity contribution in [1.82, 2.24) is 15.5 Å². The van der Waals surface area contributed by atoms with Crippen molar-refractivity contribution < 1.29 is 4.74 Å². The molecular formula is C24H43N5O. The van der Waals surface area contributed by atoms with Crippen molar-refractivity contribution in [2.45, 2.75) is 53.0 Å².